The van der Waals surface area contributed by atoms with Crippen LogP contribution >= 0.6 is 11.3 Å². The van der Waals surface area contributed by atoms with Gasteiger partial charge in [0.1, 0.15) is 10.8 Å². The largest absolute Gasteiger partial charge is 0.301 e. The van der Waals surface area contributed by atoms with E-state index in [0.717, 1.165) is 5.56 Å². The van der Waals surface area contributed by atoms with Crippen LogP contribution < -0.4 is 5.32 Å². The van der Waals surface area contributed by atoms with E-state index in [4.69, 9.17) is 0 Å². The molecule has 0 atom stereocenters. The molecule has 0 aliphatic carbocycles. The van der Waals surface area contributed by atoms with E-state index in [1.807, 2.05) is 30.3 Å². The van der Waals surface area contributed by atoms with Gasteiger partial charge in [-0.2, -0.15) is 0 Å². The fourth-order valence-corrected chi connectivity index (χ4v) is 3.04. The van der Waals surface area contributed by atoms with Crippen molar-refractivity contribution in [3.8, 4) is 0 Å². The van der Waals surface area contributed by atoms with Gasteiger partial charge < -0.3 is 5.32 Å². The first kappa shape index (κ1) is 16.3. The van der Waals surface area contributed by atoms with Crippen LogP contribution in [0.1, 0.15) is 22.6 Å². The van der Waals surface area contributed by atoms with E-state index >= 15 is 0 Å². The second-order valence-electron chi connectivity index (χ2n) is 5.30. The number of halogens is 1. The van der Waals surface area contributed by atoms with Gasteiger partial charge in [0.25, 0.3) is 0 Å². The predicted octanol–water partition coefficient (Wildman–Crippen LogP) is 3.84. The Hall–Kier alpha value is -2.60. The molecule has 0 spiro atoms. The molecule has 0 unspecified atom stereocenters. The van der Waals surface area contributed by atoms with Gasteiger partial charge in [0.05, 0.1) is 0 Å². The molecule has 0 fully saturated rings. The normalized spacial score (nSPS) is 10.5. The molecular weight excluding hydrogens is 325 g/mol. The monoisotopic (exact) mass is 341 g/mol. The van der Waals surface area contributed by atoms with Crippen molar-refractivity contribution in [1.82, 2.24) is 10.2 Å². The fourth-order valence-electron chi connectivity index (χ4n) is 2.26. The summed E-state index contributed by atoms with van der Waals surface area (Å²) >= 11 is 1.27. The Morgan fingerprint density at radius 3 is 2.58 bits per heavy atom. The number of nitrogens with one attached hydrogen (secondary N) is 1. The quantitative estimate of drug-likeness (QED) is 0.741. The van der Waals surface area contributed by atoms with Crippen LogP contribution in [0.15, 0.2) is 54.6 Å². The molecule has 3 aromatic rings. The SMILES string of the molecule is O=C(CCc1ccccc1)Nc1nnc(Cc2ccccc2F)s1. The van der Waals surface area contributed by atoms with E-state index in [1.54, 1.807) is 18.2 Å². The number of hydrogen-bond donors (Lipinski definition) is 1. The first-order chi connectivity index (χ1) is 11.7. The summed E-state index contributed by atoms with van der Waals surface area (Å²) in [7, 11) is 0. The zero-order valence-electron chi connectivity index (χ0n) is 12.9. The maximum Gasteiger partial charge on any atom is 0.226 e. The summed E-state index contributed by atoms with van der Waals surface area (Å²) in [6.07, 6.45) is 1.42. The van der Waals surface area contributed by atoms with E-state index in [-0.39, 0.29) is 11.7 Å². The molecule has 4 nitrogen and oxygen atoms in total. The molecule has 1 N–H and O–H groups in total. The van der Waals surface area contributed by atoms with Crippen LogP contribution in [0.2, 0.25) is 0 Å². The number of hydrogen-bond acceptors (Lipinski definition) is 4. The maximum atomic E-state index is 13.6. The number of rotatable bonds is 6. The number of nitrogens with zero attached hydrogens (tertiary/aromatic N) is 2. The van der Waals surface area contributed by atoms with E-state index in [1.165, 1.54) is 17.4 Å². The van der Waals surface area contributed by atoms with Gasteiger partial charge in [-0.3, -0.25) is 4.79 Å². The Labute approximate surface area is 143 Å². The van der Waals surface area contributed by atoms with Crippen molar-refractivity contribution in [1.29, 1.82) is 0 Å². The molecule has 24 heavy (non-hydrogen) atoms. The van der Waals surface area contributed by atoms with Crippen LogP contribution in [-0.2, 0) is 17.6 Å². The fraction of sp³-hybridized carbons (Fsp3) is 0.167. The van der Waals surface area contributed by atoms with Crippen LogP contribution in [0, 0.1) is 5.82 Å². The van der Waals surface area contributed by atoms with Crippen LogP contribution in [-0.4, -0.2) is 16.1 Å². The number of amides is 1. The summed E-state index contributed by atoms with van der Waals surface area (Å²) in [6.45, 7) is 0. The number of aromatic nitrogens is 2. The van der Waals surface area contributed by atoms with E-state index < -0.39 is 0 Å². The van der Waals surface area contributed by atoms with E-state index in [9.17, 15) is 9.18 Å². The number of aryl methyl sites for hydroxylation is 1. The molecule has 3 rings (SSSR count). The summed E-state index contributed by atoms with van der Waals surface area (Å²) in [4.78, 5) is 12.0. The summed E-state index contributed by atoms with van der Waals surface area (Å²) in [5, 5.41) is 11.8. The van der Waals surface area contributed by atoms with Gasteiger partial charge in [0.2, 0.25) is 11.0 Å². The summed E-state index contributed by atoms with van der Waals surface area (Å²) < 4.78 is 13.6. The van der Waals surface area contributed by atoms with Crippen LogP contribution in [0.3, 0.4) is 0 Å². The standard InChI is InChI=1S/C18H16FN3OS/c19-15-9-5-4-8-14(15)12-17-21-22-18(24-17)20-16(23)11-10-13-6-2-1-3-7-13/h1-9H,10-12H2,(H,20,22,23). The molecule has 122 valence electrons. The number of carbonyl (C=O) groups excluding carboxylic acids is 1. The molecule has 1 heterocycles. The zero-order chi connectivity index (χ0) is 16.8. The van der Waals surface area contributed by atoms with Gasteiger partial charge in [0, 0.05) is 12.8 Å². The molecule has 6 heteroatoms. The Morgan fingerprint density at radius 2 is 1.79 bits per heavy atom. The van der Waals surface area contributed by atoms with Crippen molar-refractivity contribution >= 4 is 22.4 Å². The molecule has 2 aromatic carbocycles. The Bertz CT molecular complexity index is 820. The van der Waals surface area contributed by atoms with E-state index in [2.05, 4.69) is 15.5 Å². The second-order valence-corrected chi connectivity index (χ2v) is 6.36. The minimum atomic E-state index is -0.263. The molecule has 0 radical (unpaired) electrons. The number of carbonyl (C=O) groups is 1. The molecule has 0 aliphatic heterocycles. The summed E-state index contributed by atoms with van der Waals surface area (Å²) in [5.74, 6) is -0.367. The third-order valence-corrected chi connectivity index (χ3v) is 4.33. The minimum absolute atomic E-state index is 0.104. The maximum absolute atomic E-state index is 13.6. The first-order valence-electron chi connectivity index (χ1n) is 7.60. The van der Waals surface area contributed by atoms with Gasteiger partial charge in [-0.1, -0.05) is 59.9 Å². The lowest BCUT2D eigenvalue weighted by Crippen LogP contribution is -2.12. The van der Waals surface area contributed by atoms with Crippen molar-refractivity contribution in [3.05, 3.63) is 76.5 Å². The van der Waals surface area contributed by atoms with Crippen LogP contribution in [0.25, 0.3) is 0 Å². The van der Waals surface area contributed by atoms with Gasteiger partial charge >= 0.3 is 0 Å². The lowest BCUT2D eigenvalue weighted by Gasteiger charge is -2.01. The average Bonchev–Trinajstić information content (AvgIpc) is 3.03. The Balaban J connectivity index is 1.54. The Morgan fingerprint density at radius 1 is 1.04 bits per heavy atom. The molecule has 0 aliphatic rings. The van der Waals surface area contributed by atoms with Crippen LogP contribution in [0.4, 0.5) is 9.52 Å². The number of benzene rings is 2. The Kier molecular flexibility index (Phi) is 5.28. The van der Waals surface area contributed by atoms with Crippen LogP contribution in [0.5, 0.6) is 0 Å². The van der Waals surface area contributed by atoms with Crippen molar-refractivity contribution in [3.63, 3.8) is 0 Å². The molecule has 0 bridgehead atoms. The van der Waals surface area contributed by atoms with E-state index in [0.29, 0.717) is 35.0 Å². The van der Waals surface area contributed by atoms with Crippen molar-refractivity contribution in [2.45, 2.75) is 19.3 Å². The van der Waals surface area contributed by atoms with Gasteiger partial charge in [0.15, 0.2) is 0 Å². The summed E-state index contributed by atoms with van der Waals surface area (Å²) in [5.41, 5.74) is 1.68. The third kappa shape index (κ3) is 4.45. The highest BCUT2D eigenvalue weighted by molar-refractivity contribution is 7.15. The van der Waals surface area contributed by atoms with Crippen molar-refractivity contribution in [2.24, 2.45) is 0 Å². The van der Waals surface area contributed by atoms with Gasteiger partial charge in [-0.15, -0.1) is 10.2 Å². The zero-order valence-corrected chi connectivity index (χ0v) is 13.7. The molecule has 1 aromatic heterocycles. The second kappa shape index (κ2) is 7.79. The molecule has 0 saturated heterocycles. The first-order valence-corrected chi connectivity index (χ1v) is 8.42. The lowest BCUT2D eigenvalue weighted by molar-refractivity contribution is -0.116. The highest BCUT2D eigenvalue weighted by Crippen LogP contribution is 2.20. The lowest BCUT2D eigenvalue weighted by atomic mass is 10.1. The van der Waals surface area contributed by atoms with Crippen molar-refractivity contribution < 1.29 is 9.18 Å². The molecule has 1 amide bonds. The van der Waals surface area contributed by atoms with Crippen molar-refractivity contribution in [2.75, 3.05) is 5.32 Å². The average molecular weight is 341 g/mol. The summed E-state index contributed by atoms with van der Waals surface area (Å²) in [6, 6.07) is 16.4. The highest BCUT2D eigenvalue weighted by atomic mass is 32.1. The van der Waals surface area contributed by atoms with Gasteiger partial charge in [-0.25, -0.2) is 4.39 Å². The topological polar surface area (TPSA) is 54.9 Å². The van der Waals surface area contributed by atoms with Gasteiger partial charge in [-0.05, 0) is 23.6 Å². The minimum Gasteiger partial charge on any atom is -0.301 e. The molecular formula is C18H16FN3OS. The predicted molar refractivity (Wildman–Crippen MR) is 92.5 cm³/mol. The molecule has 0 saturated carbocycles. The third-order valence-electron chi connectivity index (χ3n) is 3.50. The number of anilines is 1. The smallest absolute Gasteiger partial charge is 0.226 e. The highest BCUT2D eigenvalue weighted by Gasteiger charge is 2.10.